The second-order valence-electron chi connectivity index (χ2n) is 2.85. The molecule has 0 aromatic heterocycles. The monoisotopic (exact) mass is 222 g/mol. The minimum absolute atomic E-state index is 0.150. The molecule has 0 fully saturated rings. The second-order valence-corrected chi connectivity index (χ2v) is 4.26. The van der Waals surface area contributed by atoms with E-state index in [1.165, 1.54) is 0 Å². The first-order valence-electron chi connectivity index (χ1n) is 3.94. The van der Waals surface area contributed by atoms with Crippen LogP contribution in [0.15, 0.2) is 0 Å². The maximum Gasteiger partial charge on any atom is 0.321 e. The zero-order valence-corrected chi connectivity index (χ0v) is 8.53. The molecule has 14 heavy (non-hydrogen) atoms. The van der Waals surface area contributed by atoms with Crippen molar-refractivity contribution >= 4 is 23.7 Å². The Hall–Kier alpha value is -0.790. The van der Waals surface area contributed by atoms with Crippen LogP contribution in [0.4, 0.5) is 0 Å². The number of hydrogen-bond donors (Lipinski definition) is 4. The average molecular weight is 222 g/mol. The van der Waals surface area contributed by atoms with E-state index in [1.54, 1.807) is 6.92 Å². The van der Waals surface area contributed by atoms with E-state index in [4.69, 9.17) is 21.7 Å². The van der Waals surface area contributed by atoms with Gasteiger partial charge in [-0.15, -0.1) is 0 Å². The second kappa shape index (κ2) is 5.84. The standard InChI is InChI=1S/C7H14N2O4S/c1-3(5(9)7(12)13)14-2-4(8)6(10)11/h3-5H,2,8-9H2,1H3,(H,10,11)(H,12,13)/t3-,4-,5-/m1/s1. The van der Waals surface area contributed by atoms with Crippen LogP contribution >= 0.6 is 11.8 Å². The summed E-state index contributed by atoms with van der Waals surface area (Å²) in [5.74, 6) is -2.06. The van der Waals surface area contributed by atoms with Crippen molar-refractivity contribution in [3.63, 3.8) is 0 Å². The van der Waals surface area contributed by atoms with Gasteiger partial charge in [0.05, 0.1) is 0 Å². The molecule has 0 saturated carbocycles. The topological polar surface area (TPSA) is 127 Å². The predicted molar refractivity (Wildman–Crippen MR) is 53.1 cm³/mol. The van der Waals surface area contributed by atoms with Crippen LogP contribution in [0, 0.1) is 0 Å². The summed E-state index contributed by atoms with van der Waals surface area (Å²) in [5.41, 5.74) is 10.5. The van der Waals surface area contributed by atoms with Crippen molar-refractivity contribution < 1.29 is 19.8 Å². The molecule has 6 nitrogen and oxygen atoms in total. The molecule has 0 aliphatic heterocycles. The Kier molecular flexibility index (Phi) is 5.51. The molecule has 0 unspecified atom stereocenters. The van der Waals surface area contributed by atoms with Crippen molar-refractivity contribution in [2.75, 3.05) is 5.75 Å². The number of thioether (sulfide) groups is 1. The Bertz CT molecular complexity index is 224. The number of rotatable bonds is 6. The molecular formula is C7H14N2O4S. The van der Waals surface area contributed by atoms with Crippen LogP contribution in [0.3, 0.4) is 0 Å². The molecule has 0 rings (SSSR count). The van der Waals surface area contributed by atoms with E-state index >= 15 is 0 Å². The third-order valence-corrected chi connectivity index (χ3v) is 3.02. The summed E-state index contributed by atoms with van der Waals surface area (Å²) in [6, 6.07) is -1.98. The summed E-state index contributed by atoms with van der Waals surface area (Å²) in [6.45, 7) is 1.62. The highest BCUT2D eigenvalue weighted by Crippen LogP contribution is 2.14. The Morgan fingerprint density at radius 3 is 2.14 bits per heavy atom. The number of aliphatic carboxylic acids is 2. The molecule has 3 atom stereocenters. The van der Waals surface area contributed by atoms with Gasteiger partial charge < -0.3 is 21.7 Å². The van der Waals surface area contributed by atoms with E-state index in [0.717, 1.165) is 11.8 Å². The van der Waals surface area contributed by atoms with Gasteiger partial charge >= 0.3 is 11.9 Å². The van der Waals surface area contributed by atoms with Gasteiger partial charge in [-0.25, -0.2) is 0 Å². The fourth-order valence-corrected chi connectivity index (χ4v) is 1.61. The molecular weight excluding hydrogens is 208 g/mol. The van der Waals surface area contributed by atoms with Gasteiger partial charge in [-0.05, 0) is 0 Å². The van der Waals surface area contributed by atoms with Gasteiger partial charge in [0.25, 0.3) is 0 Å². The van der Waals surface area contributed by atoms with Crippen LogP contribution in [0.2, 0.25) is 0 Å². The molecule has 0 aromatic carbocycles. The summed E-state index contributed by atoms with van der Waals surface area (Å²) >= 11 is 1.14. The van der Waals surface area contributed by atoms with Gasteiger partial charge in [0.15, 0.2) is 0 Å². The smallest absolute Gasteiger partial charge is 0.321 e. The van der Waals surface area contributed by atoms with E-state index in [9.17, 15) is 9.59 Å². The Balaban J connectivity index is 3.90. The zero-order chi connectivity index (χ0) is 11.3. The van der Waals surface area contributed by atoms with Gasteiger partial charge in [-0.1, -0.05) is 6.92 Å². The first kappa shape index (κ1) is 13.2. The van der Waals surface area contributed by atoms with E-state index in [1.807, 2.05) is 0 Å². The van der Waals surface area contributed by atoms with Crippen molar-refractivity contribution in [1.29, 1.82) is 0 Å². The van der Waals surface area contributed by atoms with Crippen molar-refractivity contribution in [1.82, 2.24) is 0 Å². The number of carboxylic acids is 2. The molecule has 0 aromatic rings. The van der Waals surface area contributed by atoms with E-state index in [2.05, 4.69) is 0 Å². The SMILES string of the molecule is C[C@@H](SC[C@@H](N)C(=O)O)[C@@H](N)C(=O)O. The average Bonchev–Trinajstić information content (AvgIpc) is 2.11. The molecule has 0 bridgehead atoms. The Morgan fingerprint density at radius 1 is 1.29 bits per heavy atom. The molecule has 82 valence electrons. The van der Waals surface area contributed by atoms with Crippen LogP contribution in [-0.4, -0.2) is 45.2 Å². The van der Waals surface area contributed by atoms with Crippen molar-refractivity contribution in [3.8, 4) is 0 Å². The molecule has 0 radical (unpaired) electrons. The lowest BCUT2D eigenvalue weighted by atomic mass is 10.2. The van der Waals surface area contributed by atoms with Crippen LogP contribution in [0.25, 0.3) is 0 Å². The van der Waals surface area contributed by atoms with Crippen molar-refractivity contribution in [2.45, 2.75) is 24.3 Å². The highest BCUT2D eigenvalue weighted by molar-refractivity contribution is 8.00. The maximum absolute atomic E-state index is 10.4. The lowest BCUT2D eigenvalue weighted by Crippen LogP contribution is -2.40. The molecule has 0 aliphatic carbocycles. The van der Waals surface area contributed by atoms with E-state index in [0.29, 0.717) is 0 Å². The lowest BCUT2D eigenvalue weighted by molar-refractivity contribution is -0.139. The molecule has 0 spiro atoms. The largest absolute Gasteiger partial charge is 0.480 e. The number of hydrogen-bond acceptors (Lipinski definition) is 5. The van der Waals surface area contributed by atoms with E-state index in [-0.39, 0.29) is 11.0 Å². The van der Waals surface area contributed by atoms with Gasteiger partial charge in [0.2, 0.25) is 0 Å². The van der Waals surface area contributed by atoms with Gasteiger partial charge in [0.1, 0.15) is 12.1 Å². The third-order valence-electron chi connectivity index (χ3n) is 1.65. The summed E-state index contributed by atoms with van der Waals surface area (Å²) in [6.07, 6.45) is 0. The molecule has 0 amide bonds. The normalized spacial score (nSPS) is 17.1. The quantitative estimate of drug-likeness (QED) is 0.450. The minimum Gasteiger partial charge on any atom is -0.480 e. The Labute approximate surface area is 85.6 Å². The van der Waals surface area contributed by atoms with Crippen LogP contribution in [0.5, 0.6) is 0 Å². The number of nitrogens with two attached hydrogens (primary N) is 2. The Morgan fingerprint density at radius 2 is 1.79 bits per heavy atom. The summed E-state index contributed by atoms with van der Waals surface area (Å²) in [4.78, 5) is 20.8. The van der Waals surface area contributed by atoms with Gasteiger partial charge in [-0.2, -0.15) is 11.8 Å². The zero-order valence-electron chi connectivity index (χ0n) is 7.71. The summed E-state index contributed by atoms with van der Waals surface area (Å²) < 4.78 is 0. The van der Waals surface area contributed by atoms with Crippen LogP contribution < -0.4 is 11.5 Å². The van der Waals surface area contributed by atoms with Crippen LogP contribution in [-0.2, 0) is 9.59 Å². The first-order chi connectivity index (χ1) is 6.36. The minimum atomic E-state index is -1.10. The molecule has 7 heteroatoms. The van der Waals surface area contributed by atoms with Crippen molar-refractivity contribution in [3.05, 3.63) is 0 Å². The third kappa shape index (κ3) is 4.45. The van der Waals surface area contributed by atoms with Crippen molar-refractivity contribution in [2.24, 2.45) is 11.5 Å². The highest BCUT2D eigenvalue weighted by Gasteiger charge is 2.22. The summed E-state index contributed by atoms with van der Waals surface area (Å²) in [5, 5.41) is 16.6. The molecule has 0 saturated heterocycles. The number of carboxylic acid groups (broad SMARTS) is 2. The fraction of sp³-hybridized carbons (Fsp3) is 0.714. The lowest BCUT2D eigenvalue weighted by Gasteiger charge is -2.16. The fourth-order valence-electron chi connectivity index (χ4n) is 0.631. The predicted octanol–water partition coefficient (Wildman–Crippen LogP) is -1.07. The maximum atomic E-state index is 10.4. The summed E-state index contributed by atoms with van der Waals surface area (Å²) in [7, 11) is 0. The first-order valence-corrected chi connectivity index (χ1v) is 4.99. The van der Waals surface area contributed by atoms with E-state index < -0.39 is 24.0 Å². The molecule has 0 heterocycles. The highest BCUT2D eigenvalue weighted by atomic mass is 32.2. The molecule has 0 aliphatic rings. The van der Waals surface area contributed by atoms with Gasteiger partial charge in [0, 0.05) is 11.0 Å². The molecule has 6 N–H and O–H groups in total. The van der Waals surface area contributed by atoms with Crippen LogP contribution in [0.1, 0.15) is 6.92 Å². The number of carbonyl (C=O) groups is 2. The van der Waals surface area contributed by atoms with Gasteiger partial charge in [-0.3, -0.25) is 9.59 Å².